The first kappa shape index (κ1) is 12.9. The zero-order chi connectivity index (χ0) is 12.6. The maximum absolute atomic E-state index is 6.43. The molecule has 0 amide bonds. The first-order valence-corrected chi connectivity index (χ1v) is 8.03. The Morgan fingerprint density at radius 1 is 1.39 bits per heavy atom. The van der Waals surface area contributed by atoms with Crippen molar-refractivity contribution in [1.82, 2.24) is 0 Å². The van der Waals surface area contributed by atoms with E-state index in [0.717, 1.165) is 23.8 Å². The quantitative estimate of drug-likeness (QED) is 0.886. The van der Waals surface area contributed by atoms with Gasteiger partial charge >= 0.3 is 0 Å². The third-order valence-electron chi connectivity index (χ3n) is 4.48. The molecular weight excluding hydrogens is 266 g/mol. The molecule has 0 radical (unpaired) electrons. The highest BCUT2D eigenvalue weighted by Gasteiger charge is 2.41. The molecule has 1 aliphatic carbocycles. The summed E-state index contributed by atoms with van der Waals surface area (Å²) in [5, 5.41) is 0. The van der Waals surface area contributed by atoms with Crippen LogP contribution in [0.1, 0.15) is 49.4 Å². The number of ether oxygens (including phenoxy) is 1. The summed E-state index contributed by atoms with van der Waals surface area (Å²) >= 11 is 7.62. The van der Waals surface area contributed by atoms with Crippen LogP contribution in [0.2, 0.25) is 4.34 Å². The van der Waals surface area contributed by atoms with E-state index in [9.17, 15) is 0 Å². The number of hydrogen-bond acceptors (Lipinski definition) is 3. The number of hydrogen-bond donors (Lipinski definition) is 1. The molecule has 1 saturated carbocycles. The molecule has 1 aromatic heterocycles. The molecule has 2 nitrogen and oxygen atoms in total. The Hall–Kier alpha value is -0.0900. The van der Waals surface area contributed by atoms with E-state index in [0.29, 0.717) is 5.92 Å². The summed E-state index contributed by atoms with van der Waals surface area (Å²) in [6.45, 7) is 0.872. The molecule has 4 heteroatoms. The van der Waals surface area contributed by atoms with Gasteiger partial charge in [0.05, 0.1) is 9.94 Å². The molecule has 2 atom stereocenters. The van der Waals surface area contributed by atoms with Crippen molar-refractivity contribution in [3.05, 3.63) is 21.3 Å². The summed E-state index contributed by atoms with van der Waals surface area (Å²) in [6.07, 6.45) is 7.28. The van der Waals surface area contributed by atoms with Crippen LogP contribution in [-0.2, 0) is 4.74 Å². The van der Waals surface area contributed by atoms with Gasteiger partial charge in [-0.1, -0.05) is 24.4 Å². The smallest absolute Gasteiger partial charge is 0.0931 e. The van der Waals surface area contributed by atoms with Crippen molar-refractivity contribution in [2.24, 2.45) is 11.7 Å². The molecular formula is C14H20ClNOS. The van der Waals surface area contributed by atoms with Crippen molar-refractivity contribution in [2.75, 3.05) is 6.61 Å². The zero-order valence-corrected chi connectivity index (χ0v) is 12.1. The maximum Gasteiger partial charge on any atom is 0.0931 e. The minimum atomic E-state index is 0.129. The largest absolute Gasteiger partial charge is 0.375 e. The van der Waals surface area contributed by atoms with Crippen molar-refractivity contribution in [1.29, 1.82) is 0 Å². The average Bonchev–Trinajstić information content (AvgIpc) is 2.98. The molecule has 1 saturated heterocycles. The molecule has 18 heavy (non-hydrogen) atoms. The second kappa shape index (κ2) is 5.12. The Balaban J connectivity index is 1.72. The molecule has 0 aromatic carbocycles. The molecule has 1 aromatic rings. The lowest BCUT2D eigenvalue weighted by atomic mass is 9.80. The fraction of sp³-hybridized carbons (Fsp3) is 0.714. The van der Waals surface area contributed by atoms with E-state index in [4.69, 9.17) is 22.1 Å². The van der Waals surface area contributed by atoms with E-state index in [1.807, 2.05) is 6.07 Å². The summed E-state index contributed by atoms with van der Waals surface area (Å²) in [7, 11) is 0. The molecule has 3 rings (SSSR count). The van der Waals surface area contributed by atoms with Crippen LogP contribution in [0.25, 0.3) is 0 Å². The van der Waals surface area contributed by atoms with Gasteiger partial charge in [0.25, 0.3) is 0 Å². The van der Waals surface area contributed by atoms with Crippen LogP contribution in [0.3, 0.4) is 0 Å². The molecule has 2 unspecified atom stereocenters. The van der Waals surface area contributed by atoms with E-state index in [1.165, 1.54) is 30.6 Å². The average molecular weight is 286 g/mol. The zero-order valence-electron chi connectivity index (χ0n) is 10.5. The van der Waals surface area contributed by atoms with Crippen LogP contribution >= 0.6 is 22.9 Å². The Kier molecular flexibility index (Phi) is 3.68. The molecule has 1 aliphatic heterocycles. The number of nitrogens with two attached hydrogens (primary N) is 1. The van der Waals surface area contributed by atoms with E-state index in [2.05, 4.69) is 6.07 Å². The topological polar surface area (TPSA) is 35.2 Å². The Bertz CT molecular complexity index is 414. The summed E-state index contributed by atoms with van der Waals surface area (Å²) in [5.74, 6) is 0.548. The van der Waals surface area contributed by atoms with Crippen LogP contribution in [0.4, 0.5) is 0 Å². The third kappa shape index (κ3) is 2.46. The second-order valence-corrected chi connectivity index (χ2v) is 7.41. The van der Waals surface area contributed by atoms with E-state index < -0.39 is 0 Å². The van der Waals surface area contributed by atoms with Gasteiger partial charge in [-0.15, -0.1) is 11.3 Å². The Morgan fingerprint density at radius 2 is 2.17 bits per heavy atom. The SMILES string of the molecule is NC(c1ccc(Cl)s1)C1CCOC2(CCCC2)C1. The number of rotatable bonds is 2. The molecule has 100 valence electrons. The minimum Gasteiger partial charge on any atom is -0.375 e. The van der Waals surface area contributed by atoms with E-state index >= 15 is 0 Å². The number of thiophene rings is 1. The van der Waals surface area contributed by atoms with Gasteiger partial charge in [-0.05, 0) is 43.7 Å². The van der Waals surface area contributed by atoms with Crippen molar-refractivity contribution >= 4 is 22.9 Å². The van der Waals surface area contributed by atoms with E-state index in [-0.39, 0.29) is 11.6 Å². The molecule has 2 fully saturated rings. The predicted molar refractivity (Wildman–Crippen MR) is 76.1 cm³/mol. The van der Waals surface area contributed by atoms with Gasteiger partial charge in [-0.3, -0.25) is 0 Å². The minimum absolute atomic E-state index is 0.129. The summed E-state index contributed by atoms with van der Waals surface area (Å²) in [4.78, 5) is 1.22. The van der Waals surface area contributed by atoms with Crippen LogP contribution in [0.5, 0.6) is 0 Å². The van der Waals surface area contributed by atoms with Crippen LogP contribution in [-0.4, -0.2) is 12.2 Å². The van der Waals surface area contributed by atoms with Gasteiger partial charge in [-0.25, -0.2) is 0 Å². The van der Waals surface area contributed by atoms with E-state index in [1.54, 1.807) is 11.3 Å². The summed E-state index contributed by atoms with van der Waals surface area (Å²) in [6, 6.07) is 4.16. The van der Waals surface area contributed by atoms with Crippen LogP contribution in [0, 0.1) is 5.92 Å². The van der Waals surface area contributed by atoms with Crippen LogP contribution in [0.15, 0.2) is 12.1 Å². The van der Waals surface area contributed by atoms with Crippen molar-refractivity contribution in [3.63, 3.8) is 0 Å². The lowest BCUT2D eigenvalue weighted by Gasteiger charge is -2.40. The highest BCUT2D eigenvalue weighted by molar-refractivity contribution is 7.16. The molecule has 2 heterocycles. The molecule has 1 spiro atoms. The molecule has 0 bridgehead atoms. The van der Waals surface area contributed by atoms with Gasteiger partial charge in [-0.2, -0.15) is 0 Å². The summed E-state index contributed by atoms with van der Waals surface area (Å²) < 4.78 is 6.91. The first-order valence-electron chi connectivity index (χ1n) is 6.83. The third-order valence-corrected chi connectivity index (χ3v) is 5.81. The number of halogens is 1. The lowest BCUT2D eigenvalue weighted by molar-refractivity contribution is -0.0962. The Morgan fingerprint density at radius 3 is 2.83 bits per heavy atom. The van der Waals surface area contributed by atoms with Gasteiger partial charge in [0.15, 0.2) is 0 Å². The highest BCUT2D eigenvalue weighted by Crippen LogP contribution is 2.45. The predicted octanol–water partition coefficient (Wildman–Crippen LogP) is 4.14. The first-order chi connectivity index (χ1) is 8.69. The lowest BCUT2D eigenvalue weighted by Crippen LogP contribution is -2.40. The van der Waals surface area contributed by atoms with Crippen molar-refractivity contribution in [3.8, 4) is 0 Å². The van der Waals surface area contributed by atoms with Gasteiger partial charge in [0, 0.05) is 17.5 Å². The monoisotopic (exact) mass is 285 g/mol. The molecule has 2 N–H and O–H groups in total. The van der Waals surface area contributed by atoms with Crippen molar-refractivity contribution in [2.45, 2.75) is 50.2 Å². The van der Waals surface area contributed by atoms with Gasteiger partial charge < -0.3 is 10.5 Å². The Labute approximate surface area is 117 Å². The van der Waals surface area contributed by atoms with Gasteiger partial charge in [0.1, 0.15) is 0 Å². The second-order valence-electron chi connectivity index (χ2n) is 5.66. The normalized spacial score (nSPS) is 28.7. The van der Waals surface area contributed by atoms with Gasteiger partial charge in [0.2, 0.25) is 0 Å². The van der Waals surface area contributed by atoms with Crippen LogP contribution < -0.4 is 5.73 Å². The fourth-order valence-corrected chi connectivity index (χ4v) is 4.64. The highest BCUT2D eigenvalue weighted by atomic mass is 35.5. The standard InChI is InChI=1S/C14H20ClNOS/c15-12-4-3-11(18-12)13(16)10-5-8-17-14(9-10)6-1-2-7-14/h3-4,10,13H,1-2,5-9,16H2. The maximum atomic E-state index is 6.43. The fourth-order valence-electron chi connectivity index (χ4n) is 3.48. The molecule has 2 aliphatic rings. The summed E-state index contributed by atoms with van der Waals surface area (Å²) in [5.41, 5.74) is 6.58. The van der Waals surface area contributed by atoms with Crippen molar-refractivity contribution < 1.29 is 4.74 Å².